The van der Waals surface area contributed by atoms with Crippen LogP contribution in [0.4, 0.5) is 5.00 Å². The second-order valence-corrected chi connectivity index (χ2v) is 6.16. The number of ketones is 1. The number of hydrogen-bond acceptors (Lipinski definition) is 6. The van der Waals surface area contributed by atoms with Crippen molar-refractivity contribution in [2.24, 2.45) is 5.92 Å². The van der Waals surface area contributed by atoms with Gasteiger partial charge in [0.05, 0.1) is 11.6 Å². The van der Waals surface area contributed by atoms with Crippen LogP contribution in [0.25, 0.3) is 0 Å². The van der Waals surface area contributed by atoms with Gasteiger partial charge in [-0.25, -0.2) is 4.79 Å². The molecule has 1 aromatic heterocycles. The van der Waals surface area contributed by atoms with E-state index in [9.17, 15) is 14.4 Å². The summed E-state index contributed by atoms with van der Waals surface area (Å²) < 4.78 is 4.99. The van der Waals surface area contributed by atoms with E-state index in [1.165, 1.54) is 18.3 Å². The van der Waals surface area contributed by atoms with Gasteiger partial charge >= 0.3 is 5.97 Å². The number of rotatable bonds is 6. The van der Waals surface area contributed by atoms with Gasteiger partial charge in [0, 0.05) is 11.8 Å². The predicted octanol–water partition coefficient (Wildman–Crippen LogP) is 0.945. The Labute approximate surface area is 137 Å². The predicted molar refractivity (Wildman–Crippen MR) is 84.5 cm³/mol. The van der Waals surface area contributed by atoms with E-state index in [1.807, 2.05) is 6.92 Å². The van der Waals surface area contributed by atoms with E-state index in [4.69, 9.17) is 10.00 Å². The summed E-state index contributed by atoms with van der Waals surface area (Å²) in [7, 11) is 0. The number of allylic oxidation sites excluding steroid dienone is 1. The molecule has 0 fully saturated rings. The number of amides is 1. The third kappa shape index (κ3) is 4.48. The van der Waals surface area contributed by atoms with Gasteiger partial charge in [-0.3, -0.25) is 9.59 Å². The Balaban J connectivity index is 2.91. The van der Waals surface area contributed by atoms with E-state index in [0.717, 1.165) is 4.88 Å². The lowest BCUT2D eigenvalue weighted by Crippen LogP contribution is -2.51. The van der Waals surface area contributed by atoms with Crippen molar-refractivity contribution >= 4 is 34.0 Å². The van der Waals surface area contributed by atoms with Crippen LogP contribution >= 0.6 is 11.3 Å². The normalized spacial score (nSPS) is 11.3. The number of nitriles is 1. The zero-order chi connectivity index (χ0) is 17.7. The van der Waals surface area contributed by atoms with Gasteiger partial charge in [0.25, 0.3) is 0 Å². The van der Waals surface area contributed by atoms with Crippen LogP contribution < -0.4 is 11.1 Å². The zero-order valence-electron chi connectivity index (χ0n) is 13.2. The number of aryl methyl sites for hydroxylation is 1. The quantitative estimate of drug-likeness (QED) is 0.748. The van der Waals surface area contributed by atoms with E-state index < -0.39 is 24.3 Å². The summed E-state index contributed by atoms with van der Waals surface area (Å²) in [4.78, 5) is 36.1. The van der Waals surface area contributed by atoms with Crippen LogP contribution in [0.3, 0.4) is 0 Å². The van der Waals surface area contributed by atoms with E-state index in [-0.39, 0.29) is 17.2 Å². The summed E-state index contributed by atoms with van der Waals surface area (Å²) in [5.74, 6) is -2.74. The molecule has 7 nitrogen and oxygen atoms in total. The highest BCUT2D eigenvalue weighted by Gasteiger charge is 2.26. The standard InChI is InChI=1S/C15H17N3O4S/c1-7-9(3)23-14(18-10(4)19)13(7)15(21)22-6-12(20)11(5-16)8(2)17/h11H,2,6,17H2,1,3-4H3,(H,18,19)/p+1/t11-/m0/s1. The molecule has 4 N–H and O–H groups in total. The molecule has 0 radical (unpaired) electrons. The Kier molecular flexibility index (Phi) is 6.18. The van der Waals surface area contributed by atoms with Crippen LogP contribution in [-0.2, 0) is 14.3 Å². The van der Waals surface area contributed by atoms with Crippen LogP contribution in [0.15, 0.2) is 12.3 Å². The van der Waals surface area contributed by atoms with Crippen LogP contribution in [-0.4, -0.2) is 24.3 Å². The first kappa shape index (κ1) is 18.5. The summed E-state index contributed by atoms with van der Waals surface area (Å²) >= 11 is 1.25. The maximum Gasteiger partial charge on any atom is 0.341 e. The molecule has 122 valence electrons. The number of nitrogens with one attached hydrogen (secondary N) is 1. The second kappa shape index (κ2) is 7.67. The fraction of sp³-hybridized carbons (Fsp3) is 0.333. The average Bonchev–Trinajstić information content (AvgIpc) is 2.70. The Hall–Kier alpha value is -2.50. The molecule has 1 heterocycles. The number of esters is 1. The molecule has 1 amide bonds. The summed E-state index contributed by atoms with van der Waals surface area (Å²) in [6.45, 7) is 7.77. The van der Waals surface area contributed by atoms with Gasteiger partial charge in [-0.2, -0.15) is 5.26 Å². The first-order chi connectivity index (χ1) is 10.7. The molecule has 8 heteroatoms. The third-order valence-corrected chi connectivity index (χ3v) is 4.21. The fourth-order valence-electron chi connectivity index (χ4n) is 1.80. The minimum Gasteiger partial charge on any atom is -0.454 e. The van der Waals surface area contributed by atoms with Crippen LogP contribution in [0.5, 0.6) is 0 Å². The van der Waals surface area contributed by atoms with Gasteiger partial charge in [-0.15, -0.1) is 11.3 Å². The molecule has 1 rings (SSSR count). The Bertz CT molecular complexity index is 715. The highest BCUT2D eigenvalue weighted by Crippen LogP contribution is 2.33. The molecule has 1 atom stereocenters. The number of carbonyl (C=O) groups excluding carboxylic acids is 3. The molecule has 0 spiro atoms. The minimum absolute atomic E-state index is 0.148. The number of nitrogens with zero attached hydrogens (tertiary/aromatic N) is 1. The second-order valence-electron chi connectivity index (χ2n) is 4.93. The van der Waals surface area contributed by atoms with Crippen molar-refractivity contribution in [1.82, 2.24) is 0 Å². The number of ether oxygens (including phenoxy) is 1. The van der Waals surface area contributed by atoms with Crippen LogP contribution in [0.1, 0.15) is 27.7 Å². The van der Waals surface area contributed by atoms with Gasteiger partial charge in [-0.1, -0.05) is 0 Å². The first-order valence-corrected chi connectivity index (χ1v) is 7.48. The summed E-state index contributed by atoms with van der Waals surface area (Å²) in [6, 6.07) is 1.76. The number of hydrogen-bond donors (Lipinski definition) is 2. The van der Waals surface area contributed by atoms with Crippen LogP contribution in [0, 0.1) is 31.1 Å². The number of anilines is 1. The highest BCUT2D eigenvalue weighted by atomic mass is 32.1. The topological polar surface area (TPSA) is 124 Å². The minimum atomic E-state index is -1.11. The van der Waals surface area contributed by atoms with Crippen molar-refractivity contribution in [3.05, 3.63) is 28.3 Å². The van der Waals surface area contributed by atoms with Crippen LogP contribution in [0.2, 0.25) is 0 Å². The molecular weight excluding hydrogens is 318 g/mol. The van der Waals surface area contributed by atoms with Gasteiger partial charge < -0.3 is 15.8 Å². The summed E-state index contributed by atoms with van der Waals surface area (Å²) in [6.07, 6.45) is 0. The number of Topliss-reactive ketones (excluding diaryl/α,β-unsaturated/α-hetero) is 1. The Morgan fingerprint density at radius 1 is 1.43 bits per heavy atom. The lowest BCUT2D eigenvalue weighted by atomic mass is 10.0. The summed E-state index contributed by atoms with van der Waals surface area (Å²) in [5.41, 5.74) is 4.50. The molecule has 23 heavy (non-hydrogen) atoms. The number of carbonyl (C=O) groups is 3. The highest BCUT2D eigenvalue weighted by molar-refractivity contribution is 7.16. The Morgan fingerprint density at radius 3 is 2.52 bits per heavy atom. The molecule has 0 aliphatic heterocycles. The molecule has 0 unspecified atom stereocenters. The lowest BCUT2D eigenvalue weighted by Gasteiger charge is -2.08. The molecule has 0 saturated heterocycles. The number of thiophene rings is 1. The third-order valence-electron chi connectivity index (χ3n) is 3.08. The van der Waals surface area contributed by atoms with E-state index in [1.54, 1.807) is 13.0 Å². The van der Waals surface area contributed by atoms with Crippen molar-refractivity contribution in [2.75, 3.05) is 11.9 Å². The summed E-state index contributed by atoms with van der Waals surface area (Å²) in [5, 5.41) is 11.8. The molecule has 0 aliphatic carbocycles. The van der Waals surface area contributed by atoms with E-state index >= 15 is 0 Å². The maximum atomic E-state index is 12.2. The van der Waals surface area contributed by atoms with Gasteiger partial charge in [-0.05, 0) is 26.0 Å². The number of quaternary nitrogens is 1. The largest absolute Gasteiger partial charge is 0.454 e. The molecule has 0 aromatic carbocycles. The van der Waals surface area contributed by atoms with E-state index in [0.29, 0.717) is 10.6 Å². The average molecular weight is 336 g/mol. The molecule has 0 saturated carbocycles. The monoisotopic (exact) mass is 336 g/mol. The van der Waals surface area contributed by atoms with Crippen molar-refractivity contribution in [3.8, 4) is 6.07 Å². The van der Waals surface area contributed by atoms with Crippen molar-refractivity contribution < 1.29 is 24.9 Å². The first-order valence-electron chi connectivity index (χ1n) is 6.66. The molecule has 0 aliphatic rings. The van der Waals surface area contributed by atoms with Crippen molar-refractivity contribution in [3.63, 3.8) is 0 Å². The molecule has 1 aromatic rings. The Morgan fingerprint density at radius 2 is 2.04 bits per heavy atom. The van der Waals surface area contributed by atoms with Gasteiger partial charge in [0.15, 0.2) is 18.3 Å². The molecule has 0 bridgehead atoms. The van der Waals surface area contributed by atoms with Gasteiger partial charge in [0.2, 0.25) is 5.91 Å². The lowest BCUT2D eigenvalue weighted by molar-refractivity contribution is -0.309. The smallest absolute Gasteiger partial charge is 0.341 e. The molecular formula is C15H18N3O4S+. The zero-order valence-corrected chi connectivity index (χ0v) is 14.0. The SMILES string of the molecule is C=C([NH3+])[C@H](C#N)C(=O)COC(=O)c1c(NC(C)=O)sc(C)c1C. The fourth-order valence-corrected chi connectivity index (χ4v) is 2.90. The van der Waals surface area contributed by atoms with E-state index in [2.05, 4.69) is 17.6 Å². The van der Waals surface area contributed by atoms with Gasteiger partial charge in [0.1, 0.15) is 10.7 Å². The van der Waals surface area contributed by atoms with Crippen molar-refractivity contribution in [2.45, 2.75) is 20.8 Å². The van der Waals surface area contributed by atoms with Crippen molar-refractivity contribution in [1.29, 1.82) is 5.26 Å². The maximum absolute atomic E-state index is 12.2.